The summed E-state index contributed by atoms with van der Waals surface area (Å²) in [6.45, 7) is 5.91. The van der Waals surface area contributed by atoms with Crippen LogP contribution in [0.4, 0.5) is 0 Å². The normalized spacial score (nSPS) is 19.4. The monoisotopic (exact) mass is 216 g/mol. The zero-order chi connectivity index (χ0) is 9.84. The van der Waals surface area contributed by atoms with Gasteiger partial charge in [-0.2, -0.15) is 0 Å². The molecule has 13 heavy (non-hydrogen) atoms. The van der Waals surface area contributed by atoms with Crippen molar-refractivity contribution in [3.8, 4) is 0 Å². The van der Waals surface area contributed by atoms with Gasteiger partial charge in [-0.3, -0.25) is 4.79 Å². The standard InChI is InChI=1S/C8H12N2OS2/c1-3-10(4-2)5-6-7(11)9-8(12)13-6/h5H,3-4H2,1-2H3,(H,9,11,12). The second-order valence-corrected chi connectivity index (χ2v) is 4.28. The van der Waals surface area contributed by atoms with E-state index in [0.717, 1.165) is 13.1 Å². The second kappa shape index (κ2) is 4.62. The second-order valence-electron chi connectivity index (χ2n) is 2.56. The summed E-state index contributed by atoms with van der Waals surface area (Å²) in [5.74, 6) is -0.0816. The minimum absolute atomic E-state index is 0.0816. The molecule has 72 valence electrons. The van der Waals surface area contributed by atoms with Crippen LogP contribution in [0.5, 0.6) is 0 Å². The average Bonchev–Trinajstić information content (AvgIpc) is 2.41. The lowest BCUT2D eigenvalue weighted by Crippen LogP contribution is -2.20. The summed E-state index contributed by atoms with van der Waals surface area (Å²) in [4.78, 5) is 14.0. The number of hydrogen-bond acceptors (Lipinski definition) is 4. The highest BCUT2D eigenvalue weighted by Gasteiger charge is 2.22. The fourth-order valence-corrected chi connectivity index (χ4v) is 2.03. The van der Waals surface area contributed by atoms with Crippen LogP contribution in [0.15, 0.2) is 11.1 Å². The Balaban J connectivity index is 2.70. The van der Waals surface area contributed by atoms with Gasteiger partial charge < -0.3 is 10.2 Å². The molecule has 1 aliphatic heterocycles. The Labute approximate surface area is 87.6 Å². The van der Waals surface area contributed by atoms with Crippen LogP contribution >= 0.6 is 24.0 Å². The van der Waals surface area contributed by atoms with Crippen LogP contribution in [0.2, 0.25) is 0 Å². The zero-order valence-electron chi connectivity index (χ0n) is 7.66. The van der Waals surface area contributed by atoms with E-state index in [-0.39, 0.29) is 5.91 Å². The van der Waals surface area contributed by atoms with Crippen LogP contribution in [0.3, 0.4) is 0 Å². The van der Waals surface area contributed by atoms with Gasteiger partial charge in [0, 0.05) is 19.3 Å². The molecule has 0 radical (unpaired) electrons. The van der Waals surface area contributed by atoms with Crippen molar-refractivity contribution >= 4 is 34.2 Å². The number of amides is 1. The zero-order valence-corrected chi connectivity index (χ0v) is 9.30. The van der Waals surface area contributed by atoms with Crippen LogP contribution in [0.1, 0.15) is 13.8 Å². The van der Waals surface area contributed by atoms with Crippen LogP contribution in [0.25, 0.3) is 0 Å². The SMILES string of the molecule is CCN(C=C1SC(=S)NC1=O)CC. The number of carbonyl (C=O) groups excluding carboxylic acids is 1. The maximum atomic E-state index is 11.2. The largest absolute Gasteiger partial charge is 0.377 e. The third-order valence-corrected chi connectivity index (χ3v) is 2.90. The van der Waals surface area contributed by atoms with Gasteiger partial charge in [0.05, 0.1) is 4.91 Å². The molecule has 0 aromatic rings. The van der Waals surface area contributed by atoms with Crippen molar-refractivity contribution in [2.45, 2.75) is 13.8 Å². The molecular formula is C8H12N2OS2. The van der Waals surface area contributed by atoms with E-state index in [2.05, 4.69) is 24.1 Å². The van der Waals surface area contributed by atoms with Gasteiger partial charge in [-0.1, -0.05) is 24.0 Å². The molecule has 0 aliphatic carbocycles. The van der Waals surface area contributed by atoms with E-state index in [1.54, 1.807) is 0 Å². The molecule has 0 aromatic carbocycles. The summed E-state index contributed by atoms with van der Waals surface area (Å²) in [6, 6.07) is 0. The molecule has 1 saturated heterocycles. The molecule has 1 N–H and O–H groups in total. The molecule has 1 heterocycles. The van der Waals surface area contributed by atoms with E-state index in [4.69, 9.17) is 12.2 Å². The number of rotatable bonds is 3. The van der Waals surface area contributed by atoms with E-state index >= 15 is 0 Å². The lowest BCUT2D eigenvalue weighted by atomic mass is 10.5. The molecular weight excluding hydrogens is 204 g/mol. The van der Waals surface area contributed by atoms with Crippen LogP contribution in [-0.2, 0) is 4.79 Å². The van der Waals surface area contributed by atoms with E-state index in [1.165, 1.54) is 11.8 Å². The Hall–Kier alpha value is -0.550. The topological polar surface area (TPSA) is 32.3 Å². The Morgan fingerprint density at radius 3 is 2.54 bits per heavy atom. The quantitative estimate of drug-likeness (QED) is 0.569. The average molecular weight is 216 g/mol. The molecule has 0 spiro atoms. The van der Waals surface area contributed by atoms with Gasteiger partial charge >= 0.3 is 0 Å². The first-order valence-electron chi connectivity index (χ1n) is 4.16. The summed E-state index contributed by atoms with van der Waals surface area (Å²) in [5, 5.41) is 2.58. The molecule has 0 aromatic heterocycles. The van der Waals surface area contributed by atoms with E-state index in [0.29, 0.717) is 9.23 Å². The van der Waals surface area contributed by atoms with Gasteiger partial charge in [-0.25, -0.2) is 0 Å². The highest BCUT2D eigenvalue weighted by molar-refractivity contribution is 8.26. The Kier molecular flexibility index (Phi) is 3.74. The molecule has 5 heteroatoms. The minimum atomic E-state index is -0.0816. The number of carbonyl (C=O) groups is 1. The van der Waals surface area contributed by atoms with E-state index in [1.807, 2.05) is 6.20 Å². The highest BCUT2D eigenvalue weighted by Crippen LogP contribution is 2.23. The van der Waals surface area contributed by atoms with Gasteiger partial charge in [0.25, 0.3) is 5.91 Å². The van der Waals surface area contributed by atoms with Gasteiger partial charge in [0.2, 0.25) is 0 Å². The lowest BCUT2D eigenvalue weighted by molar-refractivity contribution is -0.115. The molecule has 1 amide bonds. The van der Waals surface area contributed by atoms with Crippen molar-refractivity contribution in [2.75, 3.05) is 13.1 Å². The predicted octanol–water partition coefficient (Wildman–Crippen LogP) is 1.32. The van der Waals surface area contributed by atoms with Gasteiger partial charge in [0.15, 0.2) is 0 Å². The molecule has 0 bridgehead atoms. The fraction of sp³-hybridized carbons (Fsp3) is 0.500. The van der Waals surface area contributed by atoms with Crippen LogP contribution in [0, 0.1) is 0 Å². The van der Waals surface area contributed by atoms with Crippen molar-refractivity contribution in [1.29, 1.82) is 0 Å². The van der Waals surface area contributed by atoms with Gasteiger partial charge in [0.1, 0.15) is 4.32 Å². The van der Waals surface area contributed by atoms with Gasteiger partial charge in [-0.05, 0) is 13.8 Å². The highest BCUT2D eigenvalue weighted by atomic mass is 32.2. The molecule has 1 rings (SSSR count). The first-order valence-corrected chi connectivity index (χ1v) is 5.38. The molecule has 0 unspecified atom stereocenters. The predicted molar refractivity (Wildman–Crippen MR) is 59.3 cm³/mol. The summed E-state index contributed by atoms with van der Waals surface area (Å²) in [5.41, 5.74) is 0. The fourth-order valence-electron chi connectivity index (χ4n) is 0.983. The first kappa shape index (κ1) is 10.5. The van der Waals surface area contributed by atoms with E-state index in [9.17, 15) is 4.79 Å². The van der Waals surface area contributed by atoms with Crippen LogP contribution in [-0.4, -0.2) is 28.2 Å². The number of thioether (sulfide) groups is 1. The Morgan fingerprint density at radius 1 is 1.54 bits per heavy atom. The molecule has 0 atom stereocenters. The molecule has 1 fully saturated rings. The number of thiocarbonyl (C=S) groups is 1. The van der Waals surface area contributed by atoms with Gasteiger partial charge in [-0.15, -0.1) is 0 Å². The maximum absolute atomic E-state index is 11.2. The summed E-state index contributed by atoms with van der Waals surface area (Å²) in [7, 11) is 0. The summed E-state index contributed by atoms with van der Waals surface area (Å²) in [6.07, 6.45) is 1.86. The smallest absolute Gasteiger partial charge is 0.265 e. The van der Waals surface area contributed by atoms with Crippen molar-refractivity contribution in [2.24, 2.45) is 0 Å². The summed E-state index contributed by atoms with van der Waals surface area (Å²) < 4.78 is 0.545. The molecule has 0 saturated carbocycles. The maximum Gasteiger partial charge on any atom is 0.265 e. The Morgan fingerprint density at radius 2 is 2.15 bits per heavy atom. The van der Waals surface area contributed by atoms with Crippen molar-refractivity contribution in [1.82, 2.24) is 10.2 Å². The number of hydrogen-bond donors (Lipinski definition) is 1. The van der Waals surface area contributed by atoms with E-state index < -0.39 is 0 Å². The third-order valence-electron chi connectivity index (χ3n) is 1.75. The van der Waals surface area contributed by atoms with Crippen molar-refractivity contribution < 1.29 is 4.79 Å². The first-order chi connectivity index (χ1) is 6.17. The number of nitrogens with one attached hydrogen (secondary N) is 1. The molecule has 1 aliphatic rings. The minimum Gasteiger partial charge on any atom is -0.377 e. The summed E-state index contributed by atoms with van der Waals surface area (Å²) >= 11 is 6.19. The Bertz CT molecular complexity index is 259. The number of nitrogens with zero attached hydrogens (tertiary/aromatic N) is 1. The third kappa shape index (κ3) is 2.70. The van der Waals surface area contributed by atoms with Crippen molar-refractivity contribution in [3.05, 3.63) is 11.1 Å². The van der Waals surface area contributed by atoms with Crippen molar-refractivity contribution in [3.63, 3.8) is 0 Å². The molecule has 3 nitrogen and oxygen atoms in total. The van der Waals surface area contributed by atoms with Crippen LogP contribution < -0.4 is 5.32 Å². The lowest BCUT2D eigenvalue weighted by Gasteiger charge is -2.15.